The van der Waals surface area contributed by atoms with Gasteiger partial charge in [0.15, 0.2) is 5.13 Å². The summed E-state index contributed by atoms with van der Waals surface area (Å²) in [7, 11) is 0. The summed E-state index contributed by atoms with van der Waals surface area (Å²) >= 11 is 1.84. The van der Waals surface area contributed by atoms with Gasteiger partial charge in [0.05, 0.1) is 0 Å². The van der Waals surface area contributed by atoms with Crippen molar-refractivity contribution in [3.05, 3.63) is 11.1 Å². The molecule has 0 aliphatic carbocycles. The van der Waals surface area contributed by atoms with Crippen LogP contribution >= 0.6 is 11.3 Å². The average Bonchev–Trinajstić information content (AvgIpc) is 2.76. The molecule has 1 saturated heterocycles. The van der Waals surface area contributed by atoms with Gasteiger partial charge in [-0.15, -0.1) is 11.3 Å². The molecule has 0 atom stereocenters. The molecule has 1 aliphatic heterocycles. The Labute approximate surface area is 121 Å². The highest BCUT2D eigenvalue weighted by Crippen LogP contribution is 2.33. The third-order valence-electron chi connectivity index (χ3n) is 3.56. The molecule has 1 N–H and O–H groups in total. The van der Waals surface area contributed by atoms with Gasteiger partial charge in [0, 0.05) is 30.7 Å². The molecule has 3 nitrogen and oxygen atoms in total. The van der Waals surface area contributed by atoms with Crippen molar-refractivity contribution in [2.75, 3.05) is 24.5 Å². The molecule has 0 unspecified atom stereocenters. The zero-order chi connectivity index (χ0) is 13.9. The smallest absolute Gasteiger partial charge is 0.185 e. The van der Waals surface area contributed by atoms with Crippen LogP contribution in [0.4, 0.5) is 5.13 Å². The Kier molecular flexibility index (Phi) is 4.85. The van der Waals surface area contributed by atoms with Crippen LogP contribution in [-0.2, 0) is 6.54 Å². The molecule has 1 aromatic rings. The normalized spacial score (nSPS) is 19.1. The number of aromatic nitrogens is 1. The van der Waals surface area contributed by atoms with Gasteiger partial charge in [-0.2, -0.15) is 0 Å². The maximum atomic E-state index is 4.61. The molecular formula is C15H27N3S. The second kappa shape index (κ2) is 6.23. The summed E-state index contributed by atoms with van der Waals surface area (Å²) < 4.78 is 0. The SMILES string of the molecule is CC(C)CNCc1cnc(N2CCCC(C)(C)C2)s1. The fraction of sp³-hybridized carbons (Fsp3) is 0.800. The molecule has 108 valence electrons. The standard InChI is InChI=1S/C15H27N3S/c1-12(2)8-16-9-13-10-17-14(19-13)18-7-5-6-15(3,4)11-18/h10,12,16H,5-9,11H2,1-4H3. The van der Waals surface area contributed by atoms with Crippen molar-refractivity contribution in [2.45, 2.75) is 47.1 Å². The maximum Gasteiger partial charge on any atom is 0.185 e. The fourth-order valence-corrected chi connectivity index (χ4v) is 3.50. The molecule has 1 aromatic heterocycles. The van der Waals surface area contributed by atoms with Crippen molar-refractivity contribution in [3.63, 3.8) is 0 Å². The third-order valence-corrected chi connectivity index (χ3v) is 4.62. The topological polar surface area (TPSA) is 28.2 Å². The minimum atomic E-state index is 0.431. The van der Waals surface area contributed by atoms with E-state index >= 15 is 0 Å². The number of piperidine rings is 1. The van der Waals surface area contributed by atoms with Crippen molar-refractivity contribution >= 4 is 16.5 Å². The Bertz CT molecular complexity index is 398. The van der Waals surface area contributed by atoms with Crippen molar-refractivity contribution in [3.8, 4) is 0 Å². The first-order valence-electron chi connectivity index (χ1n) is 7.37. The summed E-state index contributed by atoms with van der Waals surface area (Å²) in [5, 5.41) is 4.69. The van der Waals surface area contributed by atoms with Gasteiger partial charge >= 0.3 is 0 Å². The van der Waals surface area contributed by atoms with Crippen LogP contribution in [0.1, 0.15) is 45.4 Å². The van der Waals surface area contributed by atoms with E-state index in [0.717, 1.165) is 26.2 Å². The molecular weight excluding hydrogens is 254 g/mol. The predicted molar refractivity (Wildman–Crippen MR) is 83.9 cm³/mol. The predicted octanol–water partition coefficient (Wildman–Crippen LogP) is 3.52. The molecule has 0 spiro atoms. The van der Waals surface area contributed by atoms with Crippen molar-refractivity contribution in [2.24, 2.45) is 11.3 Å². The quantitative estimate of drug-likeness (QED) is 0.895. The van der Waals surface area contributed by atoms with E-state index in [1.165, 1.54) is 22.9 Å². The molecule has 0 radical (unpaired) electrons. The van der Waals surface area contributed by atoms with Gasteiger partial charge in [-0.05, 0) is 30.7 Å². The lowest BCUT2D eigenvalue weighted by Crippen LogP contribution is -2.39. The van der Waals surface area contributed by atoms with Crippen LogP contribution in [0.25, 0.3) is 0 Å². The summed E-state index contributed by atoms with van der Waals surface area (Å²) in [4.78, 5) is 8.41. The number of hydrogen-bond acceptors (Lipinski definition) is 4. The van der Waals surface area contributed by atoms with E-state index in [1.54, 1.807) is 0 Å². The Hall–Kier alpha value is -0.610. The van der Waals surface area contributed by atoms with Gasteiger partial charge in [-0.1, -0.05) is 27.7 Å². The summed E-state index contributed by atoms with van der Waals surface area (Å²) in [6, 6.07) is 0. The Balaban J connectivity index is 1.89. The van der Waals surface area contributed by atoms with E-state index in [2.05, 4.69) is 42.9 Å². The lowest BCUT2D eigenvalue weighted by atomic mass is 9.84. The molecule has 1 fully saturated rings. The first-order chi connectivity index (χ1) is 8.96. The number of hydrogen-bond donors (Lipinski definition) is 1. The molecule has 2 rings (SSSR count). The third kappa shape index (κ3) is 4.46. The molecule has 1 aliphatic rings. The van der Waals surface area contributed by atoms with Crippen molar-refractivity contribution in [1.29, 1.82) is 0 Å². The van der Waals surface area contributed by atoms with E-state index < -0.39 is 0 Å². The first-order valence-corrected chi connectivity index (χ1v) is 8.18. The maximum absolute atomic E-state index is 4.61. The van der Waals surface area contributed by atoms with Crippen LogP contribution < -0.4 is 10.2 Å². The lowest BCUT2D eigenvalue weighted by Gasteiger charge is -2.37. The molecule has 2 heterocycles. The zero-order valence-electron chi connectivity index (χ0n) is 12.7. The summed E-state index contributed by atoms with van der Waals surface area (Å²) in [5.41, 5.74) is 0.431. The highest BCUT2D eigenvalue weighted by molar-refractivity contribution is 7.15. The van der Waals surface area contributed by atoms with Crippen LogP contribution in [0.15, 0.2) is 6.20 Å². The molecule has 0 amide bonds. The first kappa shape index (κ1) is 14.8. The van der Waals surface area contributed by atoms with Crippen LogP contribution in [0.2, 0.25) is 0 Å². The van der Waals surface area contributed by atoms with Gasteiger partial charge in [0.25, 0.3) is 0 Å². The van der Waals surface area contributed by atoms with Crippen molar-refractivity contribution in [1.82, 2.24) is 10.3 Å². The average molecular weight is 281 g/mol. The van der Waals surface area contributed by atoms with Gasteiger partial charge < -0.3 is 10.2 Å². The zero-order valence-corrected chi connectivity index (χ0v) is 13.5. The minimum Gasteiger partial charge on any atom is -0.348 e. The molecule has 19 heavy (non-hydrogen) atoms. The van der Waals surface area contributed by atoms with E-state index in [1.807, 2.05) is 17.5 Å². The van der Waals surface area contributed by atoms with E-state index in [9.17, 15) is 0 Å². The molecule has 0 saturated carbocycles. The van der Waals surface area contributed by atoms with Crippen LogP contribution in [0.3, 0.4) is 0 Å². The fourth-order valence-electron chi connectivity index (χ4n) is 2.60. The summed E-state index contributed by atoms with van der Waals surface area (Å²) in [5.74, 6) is 0.704. The van der Waals surface area contributed by atoms with Gasteiger partial charge in [-0.25, -0.2) is 4.98 Å². The second-order valence-corrected chi connectivity index (χ2v) is 7.92. The monoisotopic (exact) mass is 281 g/mol. The Morgan fingerprint density at radius 2 is 2.26 bits per heavy atom. The van der Waals surface area contributed by atoms with E-state index in [4.69, 9.17) is 0 Å². The van der Waals surface area contributed by atoms with Crippen molar-refractivity contribution < 1.29 is 0 Å². The Morgan fingerprint density at radius 3 is 2.95 bits per heavy atom. The van der Waals surface area contributed by atoms with Crippen LogP contribution in [-0.4, -0.2) is 24.6 Å². The number of anilines is 1. The number of rotatable bonds is 5. The highest BCUT2D eigenvalue weighted by atomic mass is 32.1. The highest BCUT2D eigenvalue weighted by Gasteiger charge is 2.27. The van der Waals surface area contributed by atoms with Crippen LogP contribution in [0.5, 0.6) is 0 Å². The van der Waals surface area contributed by atoms with Gasteiger partial charge in [0.2, 0.25) is 0 Å². The van der Waals surface area contributed by atoms with Gasteiger partial charge in [-0.3, -0.25) is 0 Å². The summed E-state index contributed by atoms with van der Waals surface area (Å²) in [6.45, 7) is 13.5. The molecule has 0 bridgehead atoms. The number of thiazole rings is 1. The second-order valence-electron chi connectivity index (χ2n) is 6.82. The van der Waals surface area contributed by atoms with Gasteiger partial charge in [0.1, 0.15) is 0 Å². The summed E-state index contributed by atoms with van der Waals surface area (Å²) in [6.07, 6.45) is 4.65. The number of nitrogens with zero attached hydrogens (tertiary/aromatic N) is 2. The molecule has 4 heteroatoms. The number of nitrogens with one attached hydrogen (secondary N) is 1. The van der Waals surface area contributed by atoms with E-state index in [0.29, 0.717) is 11.3 Å². The van der Waals surface area contributed by atoms with Crippen LogP contribution in [0, 0.1) is 11.3 Å². The Morgan fingerprint density at radius 1 is 1.47 bits per heavy atom. The largest absolute Gasteiger partial charge is 0.348 e. The van der Waals surface area contributed by atoms with E-state index in [-0.39, 0.29) is 0 Å². The molecule has 0 aromatic carbocycles. The lowest BCUT2D eigenvalue weighted by molar-refractivity contribution is 0.293. The minimum absolute atomic E-state index is 0.431.